The Bertz CT molecular complexity index is 3020. The van der Waals surface area contributed by atoms with E-state index in [1.54, 1.807) is 0 Å². The molecule has 0 bridgehead atoms. The molecule has 3 heterocycles. The fourth-order valence-corrected chi connectivity index (χ4v) is 9.05. The lowest BCUT2D eigenvalue weighted by Crippen LogP contribution is -2.14. The summed E-state index contributed by atoms with van der Waals surface area (Å²) >= 11 is 0. The predicted octanol–water partition coefficient (Wildman–Crippen LogP) is 12.5. The third-order valence-electron chi connectivity index (χ3n) is 11.3. The Kier molecular flexibility index (Phi) is 5.21. The van der Waals surface area contributed by atoms with Crippen molar-refractivity contribution >= 4 is 59.9 Å². The van der Waals surface area contributed by atoms with Crippen LogP contribution in [0.15, 0.2) is 158 Å². The normalized spacial score (nSPS) is 13.7. The van der Waals surface area contributed by atoms with E-state index in [0.29, 0.717) is 0 Å². The highest BCUT2D eigenvalue weighted by Crippen LogP contribution is 2.49. The number of para-hydroxylation sites is 2. The highest BCUT2D eigenvalue weighted by atomic mass is 15.0. The van der Waals surface area contributed by atoms with Gasteiger partial charge < -0.3 is 8.97 Å². The minimum Gasteiger partial charge on any atom is -0.309 e. The molecule has 0 unspecified atom stereocenters. The standard InChI is InChI=1S/C47H32N2/c1-47(2)39-19-8-5-15-33(39)37-27-30(22-23-40(37)47)29-12-11-13-31(26-29)48-42-21-10-7-18-36(42)46-38-28-45-35-17-4-3-14-32(35)34-16-6-9-20-41(34)49(45)43(38)24-25-44(46)48/h3-28H,1-2H3. The van der Waals surface area contributed by atoms with Crippen LogP contribution in [0.3, 0.4) is 0 Å². The van der Waals surface area contributed by atoms with Crippen molar-refractivity contribution < 1.29 is 0 Å². The Hall–Kier alpha value is -6.12. The first-order valence-electron chi connectivity index (χ1n) is 17.2. The number of pyridine rings is 1. The van der Waals surface area contributed by atoms with E-state index < -0.39 is 0 Å². The van der Waals surface area contributed by atoms with Crippen LogP contribution >= 0.6 is 0 Å². The molecule has 1 aliphatic carbocycles. The molecule has 1 aliphatic rings. The third kappa shape index (κ3) is 3.50. The van der Waals surface area contributed by atoms with Crippen LogP contribution in [-0.2, 0) is 5.41 Å². The summed E-state index contributed by atoms with van der Waals surface area (Å²) in [6.45, 7) is 4.69. The van der Waals surface area contributed by atoms with E-state index in [9.17, 15) is 0 Å². The van der Waals surface area contributed by atoms with Gasteiger partial charge in [0.2, 0.25) is 0 Å². The van der Waals surface area contributed by atoms with Crippen LogP contribution in [0.25, 0.3) is 87.8 Å². The molecular weight excluding hydrogens is 593 g/mol. The summed E-state index contributed by atoms with van der Waals surface area (Å²) in [6.07, 6.45) is 0. The monoisotopic (exact) mass is 624 g/mol. The maximum absolute atomic E-state index is 2.46. The minimum atomic E-state index is 0.00305. The quantitative estimate of drug-likeness (QED) is 0.169. The molecule has 0 saturated heterocycles. The molecule has 0 aliphatic heterocycles. The lowest BCUT2D eigenvalue weighted by molar-refractivity contribution is 0.660. The molecule has 11 rings (SSSR count). The highest BCUT2D eigenvalue weighted by Gasteiger charge is 2.35. The SMILES string of the molecule is CC1(C)c2ccccc2-c2cc(-c3cccc(-n4c5ccccc5c5c6cc7c8ccccc8c8ccccc8n7c6ccc54)c3)ccc21. The molecule has 0 radical (unpaired) electrons. The Labute approximate surface area is 284 Å². The Morgan fingerprint density at radius 3 is 1.88 bits per heavy atom. The van der Waals surface area contributed by atoms with Crippen molar-refractivity contribution in [2.45, 2.75) is 19.3 Å². The van der Waals surface area contributed by atoms with Crippen LogP contribution in [0.1, 0.15) is 25.0 Å². The summed E-state index contributed by atoms with van der Waals surface area (Å²) in [4.78, 5) is 0. The Balaban J connectivity index is 1.16. The van der Waals surface area contributed by atoms with Crippen LogP contribution in [0, 0.1) is 0 Å². The van der Waals surface area contributed by atoms with Crippen LogP contribution < -0.4 is 0 Å². The second kappa shape index (κ2) is 9.49. The Morgan fingerprint density at radius 2 is 1.02 bits per heavy atom. The zero-order chi connectivity index (χ0) is 32.4. The number of aromatic nitrogens is 2. The van der Waals surface area contributed by atoms with Crippen molar-refractivity contribution in [1.29, 1.82) is 0 Å². The maximum atomic E-state index is 2.46. The van der Waals surface area contributed by atoms with Crippen molar-refractivity contribution in [2.24, 2.45) is 0 Å². The molecule has 0 fully saturated rings. The van der Waals surface area contributed by atoms with Gasteiger partial charge in [-0.3, -0.25) is 0 Å². The van der Waals surface area contributed by atoms with Crippen LogP contribution in [0.2, 0.25) is 0 Å². The van der Waals surface area contributed by atoms with Crippen molar-refractivity contribution in [2.75, 3.05) is 0 Å². The number of hydrogen-bond donors (Lipinski definition) is 0. The van der Waals surface area contributed by atoms with Crippen LogP contribution in [0.5, 0.6) is 0 Å². The summed E-state index contributed by atoms with van der Waals surface area (Å²) in [5.41, 5.74) is 15.3. The zero-order valence-electron chi connectivity index (χ0n) is 27.4. The van der Waals surface area contributed by atoms with E-state index >= 15 is 0 Å². The first kappa shape index (κ1) is 26.9. The summed E-state index contributed by atoms with van der Waals surface area (Å²) in [5, 5.41) is 7.71. The summed E-state index contributed by atoms with van der Waals surface area (Å²) in [7, 11) is 0. The number of nitrogens with zero attached hydrogens (tertiary/aromatic N) is 2. The summed E-state index contributed by atoms with van der Waals surface area (Å²) in [5.74, 6) is 0. The molecular formula is C47H32N2. The van der Waals surface area contributed by atoms with Gasteiger partial charge in [-0.05, 0) is 87.3 Å². The number of fused-ring (bicyclic) bond motifs is 15. The molecule has 2 heteroatoms. The molecule has 49 heavy (non-hydrogen) atoms. The van der Waals surface area contributed by atoms with Gasteiger partial charge >= 0.3 is 0 Å². The lowest BCUT2D eigenvalue weighted by Gasteiger charge is -2.21. The van der Waals surface area contributed by atoms with E-state index in [-0.39, 0.29) is 5.41 Å². The van der Waals surface area contributed by atoms with E-state index in [2.05, 4.69) is 181 Å². The molecule has 7 aromatic carbocycles. The minimum absolute atomic E-state index is 0.00305. The molecule has 2 nitrogen and oxygen atoms in total. The topological polar surface area (TPSA) is 9.34 Å². The van der Waals surface area contributed by atoms with Gasteiger partial charge in [-0.1, -0.05) is 123 Å². The molecule has 0 amide bonds. The van der Waals surface area contributed by atoms with Gasteiger partial charge in [0.15, 0.2) is 0 Å². The van der Waals surface area contributed by atoms with E-state index in [4.69, 9.17) is 0 Å². The maximum Gasteiger partial charge on any atom is 0.0548 e. The molecule has 0 saturated carbocycles. The second-order valence-corrected chi connectivity index (χ2v) is 14.2. The van der Waals surface area contributed by atoms with Crippen molar-refractivity contribution in [3.8, 4) is 27.9 Å². The fourth-order valence-electron chi connectivity index (χ4n) is 9.05. The number of benzene rings is 7. The molecule has 3 aromatic heterocycles. The van der Waals surface area contributed by atoms with Gasteiger partial charge in [-0.2, -0.15) is 0 Å². The molecule has 230 valence electrons. The van der Waals surface area contributed by atoms with E-state index in [1.807, 2.05) is 0 Å². The lowest BCUT2D eigenvalue weighted by atomic mass is 9.82. The van der Waals surface area contributed by atoms with Crippen molar-refractivity contribution in [3.63, 3.8) is 0 Å². The first-order chi connectivity index (χ1) is 24.1. The molecule has 0 spiro atoms. The second-order valence-electron chi connectivity index (χ2n) is 14.2. The van der Waals surface area contributed by atoms with Crippen LogP contribution in [-0.4, -0.2) is 8.97 Å². The predicted molar refractivity (Wildman–Crippen MR) is 207 cm³/mol. The summed E-state index contributed by atoms with van der Waals surface area (Å²) in [6, 6.07) is 58.6. The van der Waals surface area contributed by atoms with Gasteiger partial charge in [0, 0.05) is 38.0 Å². The van der Waals surface area contributed by atoms with Gasteiger partial charge in [0.25, 0.3) is 0 Å². The molecule has 0 N–H and O–H groups in total. The number of rotatable bonds is 2. The fraction of sp³-hybridized carbons (Fsp3) is 0.0638. The van der Waals surface area contributed by atoms with Crippen molar-refractivity contribution in [3.05, 3.63) is 169 Å². The van der Waals surface area contributed by atoms with E-state index in [1.165, 1.54) is 99.0 Å². The first-order valence-corrected chi connectivity index (χ1v) is 17.2. The smallest absolute Gasteiger partial charge is 0.0548 e. The zero-order valence-corrected chi connectivity index (χ0v) is 27.4. The average molecular weight is 625 g/mol. The third-order valence-corrected chi connectivity index (χ3v) is 11.3. The highest BCUT2D eigenvalue weighted by molar-refractivity contribution is 6.25. The largest absolute Gasteiger partial charge is 0.309 e. The summed E-state index contributed by atoms with van der Waals surface area (Å²) < 4.78 is 4.92. The molecule has 10 aromatic rings. The van der Waals surface area contributed by atoms with E-state index in [0.717, 1.165) is 0 Å². The van der Waals surface area contributed by atoms with Crippen LogP contribution in [0.4, 0.5) is 0 Å². The van der Waals surface area contributed by atoms with Crippen molar-refractivity contribution in [1.82, 2.24) is 8.97 Å². The molecule has 0 atom stereocenters. The average Bonchev–Trinajstić information content (AvgIpc) is 3.78. The van der Waals surface area contributed by atoms with Gasteiger partial charge in [0.05, 0.1) is 27.6 Å². The van der Waals surface area contributed by atoms with Gasteiger partial charge in [-0.25, -0.2) is 0 Å². The van der Waals surface area contributed by atoms with Gasteiger partial charge in [-0.15, -0.1) is 0 Å². The number of hydrogen-bond acceptors (Lipinski definition) is 0. The van der Waals surface area contributed by atoms with Gasteiger partial charge in [0.1, 0.15) is 0 Å². The Morgan fingerprint density at radius 1 is 0.388 bits per heavy atom.